The summed E-state index contributed by atoms with van der Waals surface area (Å²) in [6, 6.07) is 4.63. The van der Waals surface area contributed by atoms with Gasteiger partial charge >= 0.3 is 11.9 Å². The lowest BCUT2D eigenvalue weighted by molar-refractivity contribution is -0.145. The van der Waals surface area contributed by atoms with E-state index in [1.54, 1.807) is 12.1 Å². The van der Waals surface area contributed by atoms with Crippen LogP contribution in [-0.2, 0) is 14.3 Å². The van der Waals surface area contributed by atoms with Crippen LogP contribution in [0, 0.1) is 5.92 Å². The molecule has 0 aliphatic rings. The Balaban J connectivity index is 2.31. The Morgan fingerprint density at radius 2 is 1.81 bits per heavy atom. The van der Waals surface area contributed by atoms with Crippen molar-refractivity contribution in [1.82, 2.24) is 0 Å². The predicted octanol–water partition coefficient (Wildman–Crippen LogP) is 4.27. The van der Waals surface area contributed by atoms with Crippen molar-refractivity contribution in [3.63, 3.8) is 0 Å². The van der Waals surface area contributed by atoms with Crippen molar-refractivity contribution in [1.29, 1.82) is 0 Å². The summed E-state index contributed by atoms with van der Waals surface area (Å²) in [6.45, 7) is 4.31. The van der Waals surface area contributed by atoms with Crippen LogP contribution in [0.2, 0.25) is 10.0 Å². The quantitative estimate of drug-likeness (QED) is 0.552. The molecule has 0 unspecified atom stereocenters. The number of rotatable bonds is 7. The molecule has 0 spiro atoms. The lowest BCUT2D eigenvalue weighted by atomic mass is 10.2. The highest BCUT2D eigenvalue weighted by Crippen LogP contribution is 2.28. The van der Waals surface area contributed by atoms with Crippen LogP contribution in [0.1, 0.15) is 33.1 Å². The van der Waals surface area contributed by atoms with E-state index in [-0.39, 0.29) is 24.6 Å². The molecule has 0 saturated carbocycles. The SMILES string of the molecule is CC(C)COC(=O)CCCC(=O)Oc1cc(Cl)ccc1Cl. The molecular weight excluding hydrogens is 315 g/mol. The summed E-state index contributed by atoms with van der Waals surface area (Å²) in [5.41, 5.74) is 0. The van der Waals surface area contributed by atoms with Gasteiger partial charge in [0.15, 0.2) is 5.75 Å². The number of benzene rings is 1. The number of hydrogen-bond donors (Lipinski definition) is 0. The zero-order valence-electron chi connectivity index (χ0n) is 12.0. The van der Waals surface area contributed by atoms with Crippen LogP contribution < -0.4 is 4.74 Å². The van der Waals surface area contributed by atoms with E-state index in [0.29, 0.717) is 29.0 Å². The van der Waals surface area contributed by atoms with Gasteiger partial charge in [0.2, 0.25) is 0 Å². The van der Waals surface area contributed by atoms with Crippen molar-refractivity contribution in [2.24, 2.45) is 5.92 Å². The summed E-state index contributed by atoms with van der Waals surface area (Å²) in [6.07, 6.45) is 0.665. The van der Waals surface area contributed by atoms with Crippen LogP contribution >= 0.6 is 23.2 Å². The second-order valence-electron chi connectivity index (χ2n) is 4.98. The fraction of sp³-hybridized carbons (Fsp3) is 0.467. The number of halogens is 2. The summed E-state index contributed by atoms with van der Waals surface area (Å²) in [5.74, 6) is -0.256. The van der Waals surface area contributed by atoms with E-state index in [9.17, 15) is 9.59 Å². The third-order valence-corrected chi connectivity index (χ3v) is 3.00. The minimum Gasteiger partial charge on any atom is -0.465 e. The van der Waals surface area contributed by atoms with Gasteiger partial charge in [0.05, 0.1) is 11.6 Å². The van der Waals surface area contributed by atoms with Gasteiger partial charge in [0, 0.05) is 23.9 Å². The van der Waals surface area contributed by atoms with Gasteiger partial charge in [-0.2, -0.15) is 0 Å². The number of hydrogen-bond acceptors (Lipinski definition) is 4. The fourth-order valence-corrected chi connectivity index (χ4v) is 1.76. The van der Waals surface area contributed by atoms with Gasteiger partial charge < -0.3 is 9.47 Å². The number of carbonyl (C=O) groups excluding carboxylic acids is 2. The second-order valence-corrected chi connectivity index (χ2v) is 5.82. The molecule has 116 valence electrons. The first-order valence-corrected chi connectivity index (χ1v) is 7.45. The average molecular weight is 333 g/mol. The van der Waals surface area contributed by atoms with Crippen LogP contribution in [-0.4, -0.2) is 18.5 Å². The highest BCUT2D eigenvalue weighted by Gasteiger charge is 2.11. The van der Waals surface area contributed by atoms with Crippen molar-refractivity contribution in [2.75, 3.05) is 6.61 Å². The zero-order valence-corrected chi connectivity index (χ0v) is 13.5. The van der Waals surface area contributed by atoms with E-state index in [0.717, 1.165) is 0 Å². The van der Waals surface area contributed by atoms with Crippen molar-refractivity contribution in [2.45, 2.75) is 33.1 Å². The molecule has 1 aromatic carbocycles. The van der Waals surface area contributed by atoms with Gasteiger partial charge in [-0.05, 0) is 24.5 Å². The van der Waals surface area contributed by atoms with E-state index >= 15 is 0 Å². The highest BCUT2D eigenvalue weighted by atomic mass is 35.5. The van der Waals surface area contributed by atoms with Gasteiger partial charge in [-0.1, -0.05) is 37.0 Å². The fourth-order valence-electron chi connectivity index (χ4n) is 1.44. The number of ether oxygens (including phenoxy) is 2. The molecule has 0 fully saturated rings. The standard InChI is InChI=1S/C15H18Cl2O4/c1-10(2)9-20-14(18)4-3-5-15(19)21-13-8-11(16)6-7-12(13)17/h6-8,10H,3-5,9H2,1-2H3. The van der Waals surface area contributed by atoms with Crippen LogP contribution in [0.25, 0.3) is 0 Å². The molecule has 0 amide bonds. The molecule has 1 aromatic rings. The molecule has 21 heavy (non-hydrogen) atoms. The van der Waals surface area contributed by atoms with Gasteiger partial charge in [-0.15, -0.1) is 0 Å². The van der Waals surface area contributed by atoms with Gasteiger partial charge in [0.25, 0.3) is 0 Å². The molecule has 0 saturated heterocycles. The number of carbonyl (C=O) groups is 2. The largest absolute Gasteiger partial charge is 0.465 e. The smallest absolute Gasteiger partial charge is 0.311 e. The Morgan fingerprint density at radius 1 is 1.14 bits per heavy atom. The minimum absolute atomic E-state index is 0.111. The molecule has 0 aliphatic carbocycles. The molecule has 0 atom stereocenters. The molecule has 0 aliphatic heterocycles. The Bertz CT molecular complexity index is 500. The third-order valence-electron chi connectivity index (χ3n) is 2.46. The van der Waals surface area contributed by atoms with Gasteiger partial charge in [0.1, 0.15) is 0 Å². The lowest BCUT2D eigenvalue weighted by Crippen LogP contribution is -2.12. The van der Waals surface area contributed by atoms with Crippen molar-refractivity contribution >= 4 is 35.1 Å². The Labute approximate surface area is 134 Å². The first-order chi connectivity index (χ1) is 9.88. The van der Waals surface area contributed by atoms with Crippen molar-refractivity contribution < 1.29 is 19.1 Å². The normalized spacial score (nSPS) is 10.5. The van der Waals surface area contributed by atoms with E-state index in [1.807, 2.05) is 13.8 Å². The van der Waals surface area contributed by atoms with Gasteiger partial charge in [-0.25, -0.2) is 0 Å². The monoisotopic (exact) mass is 332 g/mol. The average Bonchev–Trinajstić information content (AvgIpc) is 2.40. The Hall–Kier alpha value is -1.26. The number of esters is 2. The van der Waals surface area contributed by atoms with Crippen LogP contribution in [0.3, 0.4) is 0 Å². The van der Waals surface area contributed by atoms with Crippen LogP contribution in [0.4, 0.5) is 0 Å². The molecule has 1 rings (SSSR count). The van der Waals surface area contributed by atoms with Crippen LogP contribution in [0.15, 0.2) is 18.2 Å². The first-order valence-electron chi connectivity index (χ1n) is 6.70. The van der Waals surface area contributed by atoms with E-state index in [1.165, 1.54) is 6.07 Å². The summed E-state index contributed by atoms with van der Waals surface area (Å²) in [4.78, 5) is 23.0. The minimum atomic E-state index is -0.462. The Kier molecular flexibility index (Phi) is 7.54. The zero-order chi connectivity index (χ0) is 15.8. The summed E-state index contributed by atoms with van der Waals surface area (Å²) in [5, 5.41) is 0.739. The lowest BCUT2D eigenvalue weighted by Gasteiger charge is -2.08. The summed E-state index contributed by atoms with van der Waals surface area (Å²) in [7, 11) is 0. The third kappa shape index (κ3) is 7.34. The second kappa shape index (κ2) is 8.90. The molecule has 0 heterocycles. The molecular formula is C15H18Cl2O4. The van der Waals surface area contributed by atoms with E-state index in [4.69, 9.17) is 32.7 Å². The molecule has 6 heteroatoms. The molecule has 4 nitrogen and oxygen atoms in total. The molecule has 0 N–H and O–H groups in total. The van der Waals surface area contributed by atoms with Gasteiger partial charge in [-0.3, -0.25) is 9.59 Å². The maximum absolute atomic E-state index is 11.6. The highest BCUT2D eigenvalue weighted by molar-refractivity contribution is 6.34. The maximum Gasteiger partial charge on any atom is 0.311 e. The van der Waals surface area contributed by atoms with Crippen molar-refractivity contribution in [3.8, 4) is 5.75 Å². The van der Waals surface area contributed by atoms with Crippen molar-refractivity contribution in [3.05, 3.63) is 28.2 Å². The Morgan fingerprint density at radius 3 is 2.48 bits per heavy atom. The topological polar surface area (TPSA) is 52.6 Å². The maximum atomic E-state index is 11.6. The molecule has 0 radical (unpaired) electrons. The van der Waals surface area contributed by atoms with Crippen LogP contribution in [0.5, 0.6) is 5.75 Å². The summed E-state index contributed by atoms with van der Waals surface area (Å²) >= 11 is 11.7. The molecule has 0 aromatic heterocycles. The summed E-state index contributed by atoms with van der Waals surface area (Å²) < 4.78 is 10.1. The van der Waals surface area contributed by atoms with E-state index < -0.39 is 5.97 Å². The molecule has 0 bridgehead atoms. The van der Waals surface area contributed by atoms with E-state index in [2.05, 4.69) is 0 Å². The first kappa shape index (κ1) is 17.8. The predicted molar refractivity (Wildman–Crippen MR) is 81.7 cm³/mol.